The van der Waals surface area contributed by atoms with Gasteiger partial charge in [-0.25, -0.2) is 0 Å². The minimum absolute atomic E-state index is 0.0124. The Morgan fingerprint density at radius 3 is 2.80 bits per heavy atom. The van der Waals surface area contributed by atoms with Crippen molar-refractivity contribution in [3.63, 3.8) is 0 Å². The van der Waals surface area contributed by atoms with Gasteiger partial charge in [0.25, 0.3) is 0 Å². The molecule has 1 unspecified atom stereocenters. The molecule has 1 aromatic rings. The Bertz CT molecular complexity index is 280. The van der Waals surface area contributed by atoms with Crippen molar-refractivity contribution in [3.05, 3.63) is 20.8 Å². The zero-order chi connectivity index (χ0) is 11.1. The van der Waals surface area contributed by atoms with Crippen molar-refractivity contribution in [3.8, 4) is 0 Å². The summed E-state index contributed by atoms with van der Waals surface area (Å²) in [5.41, 5.74) is 0. The van der Waals surface area contributed by atoms with E-state index in [9.17, 15) is 0 Å². The number of hydrogen-bond acceptors (Lipinski definition) is 4. The van der Waals surface area contributed by atoms with Crippen molar-refractivity contribution in [2.45, 2.75) is 18.9 Å². The number of aliphatic hydroxyl groups is 2. The number of aliphatic hydroxyl groups excluding tert-OH is 2. The van der Waals surface area contributed by atoms with Crippen LogP contribution in [0.25, 0.3) is 0 Å². The molecule has 5 heteroatoms. The molecule has 0 bridgehead atoms. The summed E-state index contributed by atoms with van der Waals surface area (Å²) in [6, 6.07) is 2.12. The number of hydrogen-bond donors (Lipinski definition) is 3. The first kappa shape index (κ1) is 13.1. The summed E-state index contributed by atoms with van der Waals surface area (Å²) in [4.78, 5) is 1.31. The van der Waals surface area contributed by atoms with Crippen LogP contribution in [0, 0.1) is 0 Å². The van der Waals surface area contributed by atoms with E-state index < -0.39 is 0 Å². The van der Waals surface area contributed by atoms with Crippen LogP contribution in [0.5, 0.6) is 0 Å². The van der Waals surface area contributed by atoms with Crippen molar-refractivity contribution >= 4 is 27.3 Å². The molecular weight excluding hydrogens is 278 g/mol. The van der Waals surface area contributed by atoms with Gasteiger partial charge in [-0.3, -0.25) is 0 Å². The summed E-state index contributed by atoms with van der Waals surface area (Å²) in [7, 11) is 0. The molecule has 3 nitrogen and oxygen atoms in total. The standard InChI is InChI=1S/C10H16BrNO2S/c11-8-5-10(15-7-8)1-3-12-9(6-14)2-4-13/h5,7,9,12-14H,1-4,6H2. The lowest BCUT2D eigenvalue weighted by Crippen LogP contribution is -2.34. The molecule has 0 radical (unpaired) electrons. The number of rotatable bonds is 7. The van der Waals surface area contributed by atoms with Crippen molar-refractivity contribution < 1.29 is 10.2 Å². The topological polar surface area (TPSA) is 52.5 Å². The largest absolute Gasteiger partial charge is 0.396 e. The van der Waals surface area contributed by atoms with E-state index in [4.69, 9.17) is 10.2 Å². The lowest BCUT2D eigenvalue weighted by Gasteiger charge is -2.14. The van der Waals surface area contributed by atoms with Crippen LogP contribution in [-0.2, 0) is 6.42 Å². The van der Waals surface area contributed by atoms with Gasteiger partial charge in [-0.05, 0) is 34.8 Å². The van der Waals surface area contributed by atoms with Gasteiger partial charge in [0.2, 0.25) is 0 Å². The molecule has 0 aliphatic rings. The lowest BCUT2D eigenvalue weighted by atomic mass is 10.2. The molecule has 0 fully saturated rings. The second-order valence-corrected chi connectivity index (χ2v) is 5.24. The average molecular weight is 294 g/mol. The predicted octanol–water partition coefficient (Wildman–Crippen LogP) is 1.39. The highest BCUT2D eigenvalue weighted by molar-refractivity contribution is 9.10. The van der Waals surface area contributed by atoms with E-state index in [-0.39, 0.29) is 19.3 Å². The molecule has 15 heavy (non-hydrogen) atoms. The Balaban J connectivity index is 2.20. The van der Waals surface area contributed by atoms with Crippen LogP contribution >= 0.6 is 27.3 Å². The monoisotopic (exact) mass is 293 g/mol. The predicted molar refractivity (Wildman–Crippen MR) is 66.3 cm³/mol. The van der Waals surface area contributed by atoms with E-state index in [1.807, 2.05) is 0 Å². The maximum atomic E-state index is 8.98. The van der Waals surface area contributed by atoms with Crippen LogP contribution < -0.4 is 5.32 Å². The summed E-state index contributed by atoms with van der Waals surface area (Å²) >= 11 is 5.13. The first-order valence-corrected chi connectivity index (χ1v) is 6.61. The van der Waals surface area contributed by atoms with Gasteiger partial charge in [-0.1, -0.05) is 0 Å². The van der Waals surface area contributed by atoms with E-state index in [1.54, 1.807) is 11.3 Å². The van der Waals surface area contributed by atoms with E-state index in [1.165, 1.54) is 4.88 Å². The third-order valence-corrected chi connectivity index (χ3v) is 3.88. The Hall–Kier alpha value is 0.0600. The van der Waals surface area contributed by atoms with Crippen LogP contribution in [0.4, 0.5) is 0 Å². The highest BCUT2D eigenvalue weighted by Gasteiger charge is 2.05. The summed E-state index contributed by atoms with van der Waals surface area (Å²) in [6.45, 7) is 1.02. The van der Waals surface area contributed by atoms with E-state index in [0.29, 0.717) is 6.42 Å². The average Bonchev–Trinajstić information content (AvgIpc) is 2.63. The minimum Gasteiger partial charge on any atom is -0.396 e. The molecule has 0 aliphatic carbocycles. The van der Waals surface area contributed by atoms with Crippen molar-refractivity contribution in [1.82, 2.24) is 5.32 Å². The second-order valence-electron chi connectivity index (χ2n) is 3.33. The van der Waals surface area contributed by atoms with Gasteiger partial charge in [0.15, 0.2) is 0 Å². The van der Waals surface area contributed by atoms with E-state index in [2.05, 4.69) is 32.7 Å². The highest BCUT2D eigenvalue weighted by atomic mass is 79.9. The number of halogens is 1. The fourth-order valence-electron chi connectivity index (χ4n) is 1.30. The van der Waals surface area contributed by atoms with Gasteiger partial charge in [-0.2, -0.15) is 0 Å². The Labute approximate surface area is 102 Å². The molecule has 0 saturated heterocycles. The van der Waals surface area contributed by atoms with Crippen LogP contribution in [0.1, 0.15) is 11.3 Å². The second kappa shape index (κ2) is 7.35. The van der Waals surface area contributed by atoms with Crippen LogP contribution in [0.15, 0.2) is 15.9 Å². The first-order chi connectivity index (χ1) is 7.26. The molecule has 1 aromatic heterocycles. The minimum atomic E-state index is 0.0124. The van der Waals surface area contributed by atoms with Crippen LogP contribution in [-0.4, -0.2) is 36.0 Å². The fourth-order valence-corrected chi connectivity index (χ4v) is 2.75. The van der Waals surface area contributed by atoms with Gasteiger partial charge >= 0.3 is 0 Å². The molecule has 0 aromatic carbocycles. The van der Waals surface area contributed by atoms with E-state index >= 15 is 0 Å². The first-order valence-electron chi connectivity index (χ1n) is 4.94. The van der Waals surface area contributed by atoms with Crippen molar-refractivity contribution in [2.75, 3.05) is 19.8 Å². The number of nitrogens with one attached hydrogen (secondary N) is 1. The maximum absolute atomic E-state index is 8.98. The van der Waals surface area contributed by atoms with Crippen molar-refractivity contribution in [2.24, 2.45) is 0 Å². The Kier molecular flexibility index (Phi) is 6.43. The third-order valence-electron chi connectivity index (χ3n) is 2.12. The van der Waals surface area contributed by atoms with Gasteiger partial charge in [0, 0.05) is 33.9 Å². The molecule has 0 aliphatic heterocycles. The normalized spacial score (nSPS) is 13.0. The molecule has 1 rings (SSSR count). The van der Waals surface area contributed by atoms with Gasteiger partial charge in [0.05, 0.1) is 6.61 Å². The summed E-state index contributed by atoms with van der Waals surface area (Å²) < 4.78 is 1.12. The van der Waals surface area contributed by atoms with Gasteiger partial charge < -0.3 is 15.5 Å². The molecule has 3 N–H and O–H groups in total. The Morgan fingerprint density at radius 2 is 2.27 bits per heavy atom. The SMILES string of the molecule is OCCC(CO)NCCc1cc(Br)cs1. The summed E-state index contributed by atoms with van der Waals surface area (Å²) in [6.07, 6.45) is 1.56. The quantitative estimate of drug-likeness (QED) is 0.712. The number of thiophene rings is 1. The maximum Gasteiger partial charge on any atom is 0.0585 e. The van der Waals surface area contributed by atoms with E-state index in [0.717, 1.165) is 17.4 Å². The smallest absolute Gasteiger partial charge is 0.0585 e. The summed E-state index contributed by atoms with van der Waals surface area (Å²) in [5, 5.41) is 23.0. The zero-order valence-electron chi connectivity index (χ0n) is 8.45. The highest BCUT2D eigenvalue weighted by Crippen LogP contribution is 2.19. The van der Waals surface area contributed by atoms with Crippen LogP contribution in [0.2, 0.25) is 0 Å². The Morgan fingerprint density at radius 1 is 1.47 bits per heavy atom. The molecule has 0 spiro atoms. The van der Waals surface area contributed by atoms with Crippen molar-refractivity contribution in [1.29, 1.82) is 0 Å². The lowest BCUT2D eigenvalue weighted by molar-refractivity contribution is 0.201. The molecule has 86 valence electrons. The third kappa shape index (κ3) is 5.08. The molecular formula is C10H16BrNO2S. The summed E-state index contributed by atoms with van der Waals surface area (Å²) in [5.74, 6) is 0. The molecule has 0 amide bonds. The van der Waals surface area contributed by atoms with Gasteiger partial charge in [0.1, 0.15) is 0 Å². The zero-order valence-corrected chi connectivity index (χ0v) is 10.9. The molecule has 0 saturated carbocycles. The fraction of sp³-hybridized carbons (Fsp3) is 0.600. The van der Waals surface area contributed by atoms with Gasteiger partial charge in [-0.15, -0.1) is 11.3 Å². The molecule has 1 atom stereocenters. The van der Waals surface area contributed by atoms with Crippen LogP contribution in [0.3, 0.4) is 0 Å². The molecule has 1 heterocycles.